The number of hydrogen-bond acceptors (Lipinski definition) is 4. The summed E-state index contributed by atoms with van der Waals surface area (Å²) in [6.07, 6.45) is 3.55. The van der Waals surface area contributed by atoms with Crippen molar-refractivity contribution >= 4 is 23.4 Å². The molecule has 0 bridgehead atoms. The maximum absolute atomic E-state index is 13.2. The number of ether oxygens (including phenoxy) is 1. The van der Waals surface area contributed by atoms with E-state index in [0.29, 0.717) is 18.1 Å². The van der Waals surface area contributed by atoms with Gasteiger partial charge in [-0.3, -0.25) is 14.6 Å². The largest absolute Gasteiger partial charge is 0.497 e. The second-order valence-electron chi connectivity index (χ2n) is 7.43. The van der Waals surface area contributed by atoms with E-state index in [4.69, 9.17) is 16.3 Å². The summed E-state index contributed by atoms with van der Waals surface area (Å²) in [5.41, 5.74) is 2.63. The van der Waals surface area contributed by atoms with Crippen molar-refractivity contribution in [3.05, 3.63) is 94.8 Å². The average molecular weight is 452 g/mol. The molecular formula is C25H26ClN3O3. The molecule has 7 heteroatoms. The number of pyridine rings is 1. The molecule has 1 aromatic heterocycles. The first-order chi connectivity index (χ1) is 15.5. The average Bonchev–Trinajstić information content (AvgIpc) is 2.83. The molecule has 0 saturated heterocycles. The molecule has 0 radical (unpaired) electrons. The quantitative estimate of drug-likeness (QED) is 0.533. The van der Waals surface area contributed by atoms with Crippen LogP contribution in [0.25, 0.3) is 0 Å². The van der Waals surface area contributed by atoms with Crippen LogP contribution in [-0.4, -0.2) is 34.8 Å². The maximum atomic E-state index is 13.2. The molecule has 0 aliphatic heterocycles. The minimum atomic E-state index is -0.659. The van der Waals surface area contributed by atoms with Crippen molar-refractivity contribution in [3.63, 3.8) is 0 Å². The van der Waals surface area contributed by atoms with E-state index < -0.39 is 6.04 Å². The van der Waals surface area contributed by atoms with Gasteiger partial charge < -0.3 is 15.0 Å². The first-order valence-electron chi connectivity index (χ1n) is 10.3. The van der Waals surface area contributed by atoms with Crippen molar-refractivity contribution in [2.24, 2.45) is 0 Å². The predicted molar refractivity (Wildman–Crippen MR) is 124 cm³/mol. The number of methoxy groups -OCH3 is 1. The Balaban J connectivity index is 1.74. The number of rotatable bonds is 9. The monoisotopic (exact) mass is 451 g/mol. The Morgan fingerprint density at radius 1 is 1.03 bits per heavy atom. The molecule has 3 aromatic rings. The van der Waals surface area contributed by atoms with Gasteiger partial charge in [-0.15, -0.1) is 0 Å². The van der Waals surface area contributed by atoms with Crippen LogP contribution in [-0.2, 0) is 29.1 Å². The summed E-state index contributed by atoms with van der Waals surface area (Å²) in [5.74, 6) is 0.356. The number of amides is 2. The number of halogens is 1. The van der Waals surface area contributed by atoms with Crippen LogP contribution in [0.1, 0.15) is 23.6 Å². The van der Waals surface area contributed by atoms with Crippen molar-refractivity contribution in [1.29, 1.82) is 0 Å². The molecular weight excluding hydrogens is 426 g/mol. The molecule has 1 atom stereocenters. The molecule has 32 heavy (non-hydrogen) atoms. The van der Waals surface area contributed by atoms with E-state index in [1.54, 1.807) is 43.5 Å². The van der Waals surface area contributed by atoms with Crippen LogP contribution in [0.15, 0.2) is 73.1 Å². The molecule has 0 aliphatic carbocycles. The number of carbonyl (C=O) groups excluding carboxylic acids is 2. The zero-order valence-corrected chi connectivity index (χ0v) is 18.9. The third kappa shape index (κ3) is 6.56. The zero-order chi connectivity index (χ0) is 22.9. The minimum absolute atomic E-state index is 0.146. The molecule has 3 rings (SSSR count). The van der Waals surface area contributed by atoms with Gasteiger partial charge in [0, 0.05) is 30.5 Å². The number of aromatic nitrogens is 1. The maximum Gasteiger partial charge on any atom is 0.242 e. The second kappa shape index (κ2) is 11.3. The smallest absolute Gasteiger partial charge is 0.242 e. The highest BCUT2D eigenvalue weighted by Gasteiger charge is 2.26. The second-order valence-corrected chi connectivity index (χ2v) is 7.86. The summed E-state index contributed by atoms with van der Waals surface area (Å²) in [6, 6.07) is 17.6. The van der Waals surface area contributed by atoms with Gasteiger partial charge in [-0.05, 0) is 53.9 Å². The van der Waals surface area contributed by atoms with Crippen LogP contribution in [0.4, 0.5) is 0 Å². The lowest BCUT2D eigenvalue weighted by molar-refractivity contribution is -0.140. The zero-order valence-electron chi connectivity index (χ0n) is 18.1. The van der Waals surface area contributed by atoms with E-state index in [-0.39, 0.29) is 18.2 Å². The molecule has 2 aromatic carbocycles. The highest BCUT2D eigenvalue weighted by molar-refractivity contribution is 6.30. The molecule has 166 valence electrons. The van der Waals surface area contributed by atoms with Gasteiger partial charge in [0.15, 0.2) is 0 Å². The van der Waals surface area contributed by atoms with Crippen molar-refractivity contribution < 1.29 is 14.3 Å². The summed E-state index contributed by atoms with van der Waals surface area (Å²) in [7, 11) is 1.60. The topological polar surface area (TPSA) is 71.5 Å². The number of benzene rings is 2. The summed E-state index contributed by atoms with van der Waals surface area (Å²) < 4.78 is 5.21. The van der Waals surface area contributed by atoms with Crippen LogP contribution in [0.5, 0.6) is 5.75 Å². The van der Waals surface area contributed by atoms with Gasteiger partial charge in [0.25, 0.3) is 0 Å². The van der Waals surface area contributed by atoms with Gasteiger partial charge in [-0.2, -0.15) is 0 Å². The summed E-state index contributed by atoms with van der Waals surface area (Å²) >= 11 is 5.96. The third-order valence-corrected chi connectivity index (χ3v) is 5.39. The Morgan fingerprint density at radius 2 is 1.72 bits per heavy atom. The van der Waals surface area contributed by atoms with E-state index >= 15 is 0 Å². The molecule has 0 aliphatic rings. The van der Waals surface area contributed by atoms with Crippen LogP contribution in [0.3, 0.4) is 0 Å². The van der Waals surface area contributed by atoms with Crippen LogP contribution in [0, 0.1) is 0 Å². The van der Waals surface area contributed by atoms with Crippen molar-refractivity contribution in [2.75, 3.05) is 7.11 Å². The van der Waals surface area contributed by atoms with Gasteiger partial charge in [-0.1, -0.05) is 41.9 Å². The number of nitrogens with zero attached hydrogens (tertiary/aromatic N) is 2. The Hall–Kier alpha value is -3.38. The molecule has 2 amide bonds. The Bertz CT molecular complexity index is 1020. The van der Waals surface area contributed by atoms with Crippen LogP contribution < -0.4 is 10.1 Å². The lowest BCUT2D eigenvalue weighted by Crippen LogP contribution is -2.48. The Kier molecular flexibility index (Phi) is 8.22. The van der Waals surface area contributed by atoms with E-state index in [2.05, 4.69) is 10.3 Å². The standard InChI is InChI=1S/C25H26ClN3O3/c1-18(25(31)28-16-21-4-3-13-27-15-21)29(17-20-7-11-23(32-2)12-8-20)24(30)14-19-5-9-22(26)10-6-19/h3-13,15,18H,14,16-17H2,1-2H3,(H,28,31). The molecule has 1 heterocycles. The molecule has 1 N–H and O–H groups in total. The fraction of sp³-hybridized carbons (Fsp3) is 0.240. The Labute approximate surface area is 193 Å². The third-order valence-electron chi connectivity index (χ3n) is 5.14. The van der Waals surface area contributed by atoms with Gasteiger partial charge >= 0.3 is 0 Å². The summed E-state index contributed by atoms with van der Waals surface area (Å²) in [5, 5.41) is 3.51. The van der Waals surface area contributed by atoms with Gasteiger partial charge in [0.1, 0.15) is 11.8 Å². The van der Waals surface area contributed by atoms with Crippen LogP contribution >= 0.6 is 11.6 Å². The van der Waals surface area contributed by atoms with Crippen molar-refractivity contribution in [1.82, 2.24) is 15.2 Å². The fourth-order valence-electron chi connectivity index (χ4n) is 3.23. The van der Waals surface area contributed by atoms with Crippen molar-refractivity contribution in [3.8, 4) is 5.75 Å². The fourth-order valence-corrected chi connectivity index (χ4v) is 3.35. The first kappa shape index (κ1) is 23.3. The first-order valence-corrected chi connectivity index (χ1v) is 10.7. The number of nitrogens with one attached hydrogen (secondary N) is 1. The van der Waals surface area contributed by atoms with E-state index in [0.717, 1.165) is 22.4 Å². The van der Waals surface area contributed by atoms with Gasteiger partial charge in [-0.25, -0.2) is 0 Å². The highest BCUT2D eigenvalue weighted by atomic mass is 35.5. The lowest BCUT2D eigenvalue weighted by Gasteiger charge is -2.29. The van der Waals surface area contributed by atoms with E-state index in [9.17, 15) is 9.59 Å². The molecule has 0 saturated carbocycles. The number of carbonyl (C=O) groups is 2. The van der Waals surface area contributed by atoms with Crippen LogP contribution in [0.2, 0.25) is 5.02 Å². The van der Waals surface area contributed by atoms with Gasteiger partial charge in [0.2, 0.25) is 11.8 Å². The normalized spacial score (nSPS) is 11.5. The predicted octanol–water partition coefficient (Wildman–Crippen LogP) is 4.02. The van der Waals surface area contributed by atoms with E-state index in [1.807, 2.05) is 48.5 Å². The van der Waals surface area contributed by atoms with Crippen molar-refractivity contribution in [2.45, 2.75) is 32.5 Å². The molecule has 0 spiro atoms. The van der Waals surface area contributed by atoms with Gasteiger partial charge in [0.05, 0.1) is 13.5 Å². The number of hydrogen-bond donors (Lipinski definition) is 1. The lowest BCUT2D eigenvalue weighted by atomic mass is 10.1. The summed E-state index contributed by atoms with van der Waals surface area (Å²) in [4.78, 5) is 31.8. The van der Waals surface area contributed by atoms with E-state index in [1.165, 1.54) is 0 Å². The molecule has 6 nitrogen and oxygen atoms in total. The highest BCUT2D eigenvalue weighted by Crippen LogP contribution is 2.17. The Morgan fingerprint density at radius 3 is 2.34 bits per heavy atom. The minimum Gasteiger partial charge on any atom is -0.497 e. The molecule has 0 fully saturated rings. The molecule has 1 unspecified atom stereocenters. The summed E-state index contributed by atoms with van der Waals surface area (Å²) in [6.45, 7) is 2.39. The SMILES string of the molecule is COc1ccc(CN(C(=O)Cc2ccc(Cl)cc2)C(C)C(=O)NCc2cccnc2)cc1.